The molecule has 2 nitrogen and oxygen atoms in total. The van der Waals surface area contributed by atoms with Crippen molar-refractivity contribution in [2.45, 2.75) is 44.6 Å². The smallest absolute Gasteiger partial charge is 0.113 e. The summed E-state index contributed by atoms with van der Waals surface area (Å²) in [4.78, 5) is 6.40. The molecule has 1 heterocycles. The number of nitrogens with one attached hydrogen (secondary N) is 1. The lowest BCUT2D eigenvalue weighted by molar-refractivity contribution is 0.124. The fourth-order valence-corrected chi connectivity index (χ4v) is 4.38. The first-order valence-electron chi connectivity index (χ1n) is 5.91. The van der Waals surface area contributed by atoms with Gasteiger partial charge in [-0.3, -0.25) is 0 Å². The van der Waals surface area contributed by atoms with Gasteiger partial charge in [-0.25, -0.2) is 4.98 Å². The molecule has 82 valence electrons. The van der Waals surface area contributed by atoms with Crippen molar-refractivity contribution in [1.82, 2.24) is 10.3 Å². The summed E-state index contributed by atoms with van der Waals surface area (Å²) in [5.41, 5.74) is 1.62. The first kappa shape index (κ1) is 9.79. The lowest BCUT2D eigenvalue weighted by atomic mass is 9.69. The van der Waals surface area contributed by atoms with Gasteiger partial charge in [0, 0.05) is 4.88 Å². The Kier molecular flexibility index (Phi) is 2.15. The Morgan fingerprint density at radius 1 is 1.40 bits per heavy atom. The van der Waals surface area contributed by atoms with Crippen LogP contribution < -0.4 is 5.32 Å². The summed E-state index contributed by atoms with van der Waals surface area (Å²) < 4.78 is 0. The Morgan fingerprint density at radius 3 is 2.80 bits per heavy atom. The second kappa shape index (κ2) is 3.29. The summed E-state index contributed by atoms with van der Waals surface area (Å²) in [5.74, 6) is 0.858. The van der Waals surface area contributed by atoms with Crippen LogP contribution in [0, 0.1) is 5.92 Å². The standard InChI is InChI=1S/C12H18N2S/c1-8-6-12(7-8,13-2)11-14-9-4-3-5-10(9)15-11/h8,13H,3-7H2,1-2H3. The molecule has 1 N–H and O–H groups in total. The highest BCUT2D eigenvalue weighted by Crippen LogP contribution is 2.47. The van der Waals surface area contributed by atoms with Crippen molar-refractivity contribution in [2.24, 2.45) is 5.92 Å². The SMILES string of the molecule is CNC1(c2nc3c(s2)CCC3)CC(C)C1. The zero-order valence-electron chi connectivity index (χ0n) is 9.47. The van der Waals surface area contributed by atoms with Crippen LogP contribution in [0.1, 0.15) is 41.8 Å². The van der Waals surface area contributed by atoms with Gasteiger partial charge in [0.25, 0.3) is 0 Å². The van der Waals surface area contributed by atoms with Crippen LogP contribution in [-0.4, -0.2) is 12.0 Å². The Bertz CT molecular complexity index is 355. The van der Waals surface area contributed by atoms with E-state index in [2.05, 4.69) is 19.3 Å². The molecule has 0 bridgehead atoms. The van der Waals surface area contributed by atoms with E-state index in [0.717, 1.165) is 5.92 Å². The molecule has 0 saturated heterocycles. The predicted molar refractivity (Wildman–Crippen MR) is 63.3 cm³/mol. The van der Waals surface area contributed by atoms with Gasteiger partial charge in [0.15, 0.2) is 0 Å². The van der Waals surface area contributed by atoms with Gasteiger partial charge in [0.05, 0.1) is 11.2 Å². The molecule has 2 aliphatic rings. The maximum atomic E-state index is 4.85. The summed E-state index contributed by atoms with van der Waals surface area (Å²) in [7, 11) is 2.08. The predicted octanol–water partition coefficient (Wildman–Crippen LogP) is 2.48. The van der Waals surface area contributed by atoms with E-state index >= 15 is 0 Å². The van der Waals surface area contributed by atoms with Gasteiger partial charge >= 0.3 is 0 Å². The number of thiazole rings is 1. The second-order valence-corrected chi connectivity index (χ2v) is 6.17. The van der Waals surface area contributed by atoms with Crippen LogP contribution in [0.15, 0.2) is 0 Å². The van der Waals surface area contributed by atoms with Crippen LogP contribution in [0.2, 0.25) is 0 Å². The van der Waals surface area contributed by atoms with E-state index in [0.29, 0.717) is 0 Å². The monoisotopic (exact) mass is 222 g/mol. The molecule has 1 aromatic heterocycles. The van der Waals surface area contributed by atoms with Crippen molar-refractivity contribution in [2.75, 3.05) is 7.05 Å². The minimum Gasteiger partial charge on any atom is -0.308 e. The number of aryl methyl sites for hydroxylation is 2. The van der Waals surface area contributed by atoms with E-state index in [1.54, 1.807) is 4.88 Å². The molecule has 1 aromatic rings. The summed E-state index contributed by atoms with van der Waals surface area (Å²) in [6.07, 6.45) is 6.31. The van der Waals surface area contributed by atoms with E-state index in [4.69, 9.17) is 4.98 Å². The van der Waals surface area contributed by atoms with Crippen LogP contribution in [0.3, 0.4) is 0 Å². The van der Waals surface area contributed by atoms with E-state index < -0.39 is 0 Å². The third-order valence-electron chi connectivity index (χ3n) is 3.88. The summed E-state index contributed by atoms with van der Waals surface area (Å²) in [6, 6.07) is 0. The van der Waals surface area contributed by atoms with Gasteiger partial charge in [0.2, 0.25) is 0 Å². The molecule has 3 heteroatoms. The van der Waals surface area contributed by atoms with Crippen LogP contribution in [0.4, 0.5) is 0 Å². The largest absolute Gasteiger partial charge is 0.308 e. The second-order valence-electron chi connectivity index (χ2n) is 5.09. The third kappa shape index (κ3) is 1.36. The number of fused-ring (bicyclic) bond motifs is 1. The lowest BCUT2D eigenvalue weighted by Gasteiger charge is -2.45. The molecule has 0 radical (unpaired) electrons. The topological polar surface area (TPSA) is 24.9 Å². The highest BCUT2D eigenvalue weighted by Gasteiger charge is 2.45. The maximum absolute atomic E-state index is 4.85. The molecule has 0 aliphatic heterocycles. The van der Waals surface area contributed by atoms with E-state index in [1.807, 2.05) is 11.3 Å². The first-order valence-corrected chi connectivity index (χ1v) is 6.73. The molecular weight excluding hydrogens is 204 g/mol. The zero-order chi connectivity index (χ0) is 10.5. The molecule has 15 heavy (non-hydrogen) atoms. The Hall–Kier alpha value is -0.410. The van der Waals surface area contributed by atoms with E-state index in [-0.39, 0.29) is 5.54 Å². The Balaban J connectivity index is 1.91. The number of rotatable bonds is 2. The maximum Gasteiger partial charge on any atom is 0.113 e. The highest BCUT2D eigenvalue weighted by atomic mass is 32.1. The zero-order valence-corrected chi connectivity index (χ0v) is 10.3. The number of aromatic nitrogens is 1. The molecule has 0 amide bonds. The molecule has 2 aliphatic carbocycles. The van der Waals surface area contributed by atoms with Crippen molar-refractivity contribution in [1.29, 1.82) is 0 Å². The average Bonchev–Trinajstić information content (AvgIpc) is 2.71. The fourth-order valence-electron chi connectivity index (χ4n) is 3.01. The number of hydrogen-bond donors (Lipinski definition) is 1. The van der Waals surface area contributed by atoms with Crippen LogP contribution >= 0.6 is 11.3 Å². The molecule has 0 spiro atoms. The van der Waals surface area contributed by atoms with Crippen molar-refractivity contribution in [3.63, 3.8) is 0 Å². The van der Waals surface area contributed by atoms with Gasteiger partial charge in [-0.05, 0) is 45.1 Å². The molecule has 0 aromatic carbocycles. The Labute approximate surface area is 95.1 Å². The third-order valence-corrected chi connectivity index (χ3v) is 5.24. The molecule has 1 saturated carbocycles. The van der Waals surface area contributed by atoms with Crippen molar-refractivity contribution >= 4 is 11.3 Å². The van der Waals surface area contributed by atoms with Gasteiger partial charge < -0.3 is 5.32 Å². The van der Waals surface area contributed by atoms with Gasteiger partial charge in [-0.15, -0.1) is 11.3 Å². The molecule has 0 unspecified atom stereocenters. The Morgan fingerprint density at radius 2 is 2.20 bits per heavy atom. The van der Waals surface area contributed by atoms with Gasteiger partial charge in [0.1, 0.15) is 5.01 Å². The van der Waals surface area contributed by atoms with Crippen molar-refractivity contribution in [3.05, 3.63) is 15.6 Å². The van der Waals surface area contributed by atoms with Crippen LogP contribution in [0.5, 0.6) is 0 Å². The number of hydrogen-bond acceptors (Lipinski definition) is 3. The molecule has 0 atom stereocenters. The lowest BCUT2D eigenvalue weighted by Crippen LogP contribution is -2.50. The minimum atomic E-state index is 0.231. The summed E-state index contributed by atoms with van der Waals surface area (Å²) in [5, 5.41) is 4.85. The quantitative estimate of drug-likeness (QED) is 0.831. The first-order chi connectivity index (χ1) is 7.23. The summed E-state index contributed by atoms with van der Waals surface area (Å²) >= 11 is 1.96. The highest BCUT2D eigenvalue weighted by molar-refractivity contribution is 7.12. The summed E-state index contributed by atoms with van der Waals surface area (Å²) in [6.45, 7) is 2.33. The van der Waals surface area contributed by atoms with Gasteiger partial charge in [-0.1, -0.05) is 6.92 Å². The molecule has 3 rings (SSSR count). The number of nitrogens with zero attached hydrogens (tertiary/aromatic N) is 1. The van der Waals surface area contributed by atoms with E-state index in [1.165, 1.54) is 42.8 Å². The van der Waals surface area contributed by atoms with Crippen LogP contribution in [0.25, 0.3) is 0 Å². The van der Waals surface area contributed by atoms with Crippen LogP contribution in [-0.2, 0) is 18.4 Å². The fraction of sp³-hybridized carbons (Fsp3) is 0.750. The van der Waals surface area contributed by atoms with Gasteiger partial charge in [-0.2, -0.15) is 0 Å². The average molecular weight is 222 g/mol. The molecular formula is C12H18N2S. The minimum absolute atomic E-state index is 0.231. The van der Waals surface area contributed by atoms with Crippen molar-refractivity contribution < 1.29 is 0 Å². The molecule has 1 fully saturated rings. The normalized spacial score (nSPS) is 33.9. The van der Waals surface area contributed by atoms with Crippen molar-refractivity contribution in [3.8, 4) is 0 Å². The van der Waals surface area contributed by atoms with E-state index in [9.17, 15) is 0 Å².